The lowest BCUT2D eigenvalue weighted by atomic mass is 10.1. The van der Waals surface area contributed by atoms with E-state index in [0.29, 0.717) is 28.0 Å². The van der Waals surface area contributed by atoms with Crippen molar-refractivity contribution in [2.24, 2.45) is 5.14 Å². The second-order valence-corrected chi connectivity index (χ2v) is 11.3. The van der Waals surface area contributed by atoms with Crippen LogP contribution in [0.5, 0.6) is 0 Å². The van der Waals surface area contributed by atoms with Gasteiger partial charge in [0, 0.05) is 28.9 Å². The number of fused-ring (bicyclic) bond motifs is 1. The summed E-state index contributed by atoms with van der Waals surface area (Å²) in [5.74, 6) is -0.274. The SMILES string of the molecule is Cc1cc(C(=O)Cn2c(S(C)(=O)=O)nc3ccccc32)c(C)n1-c1ccc(S(N)(=O)=O)cc1. The van der Waals surface area contributed by atoms with E-state index in [-0.39, 0.29) is 22.4 Å². The Kier molecular flexibility index (Phi) is 5.51. The largest absolute Gasteiger partial charge is 0.318 e. The van der Waals surface area contributed by atoms with Crippen LogP contribution < -0.4 is 5.14 Å². The monoisotopic (exact) mass is 486 g/mol. The summed E-state index contributed by atoms with van der Waals surface area (Å²) in [6.45, 7) is 3.40. The number of hydrogen-bond donors (Lipinski definition) is 1. The summed E-state index contributed by atoms with van der Waals surface area (Å²) in [6.07, 6.45) is 1.06. The molecule has 2 heterocycles. The first kappa shape index (κ1) is 22.9. The van der Waals surface area contributed by atoms with E-state index in [0.717, 1.165) is 11.9 Å². The molecule has 11 heteroatoms. The standard InChI is InChI=1S/C22H22N4O5S2/c1-14-12-18(15(2)26(14)16-8-10-17(11-9-16)33(23,30)31)21(27)13-25-20-7-5-4-6-19(20)24-22(25)32(3,28)29/h4-12H,13H2,1-3H3,(H2,23,30,31). The molecule has 0 fully saturated rings. The maximum atomic E-state index is 13.3. The van der Waals surface area contributed by atoms with Crippen LogP contribution in [0.4, 0.5) is 0 Å². The fourth-order valence-electron chi connectivity index (χ4n) is 3.95. The lowest BCUT2D eigenvalue weighted by molar-refractivity contribution is 0.0970. The van der Waals surface area contributed by atoms with Crippen LogP contribution in [-0.2, 0) is 26.4 Å². The molecule has 0 amide bonds. The van der Waals surface area contributed by atoms with E-state index in [2.05, 4.69) is 4.98 Å². The van der Waals surface area contributed by atoms with E-state index in [9.17, 15) is 21.6 Å². The Hall–Kier alpha value is -3.28. The number of aromatic nitrogens is 3. The van der Waals surface area contributed by atoms with Crippen molar-refractivity contribution in [1.82, 2.24) is 14.1 Å². The number of Topliss-reactive ketones (excluding diaryl/α,β-unsaturated/α-hetero) is 1. The summed E-state index contributed by atoms with van der Waals surface area (Å²) in [7, 11) is -7.47. The number of aryl methyl sites for hydroxylation is 1. The number of nitrogens with two attached hydrogens (primary N) is 1. The molecule has 172 valence electrons. The predicted octanol–water partition coefficient (Wildman–Crippen LogP) is 2.38. The molecule has 0 aliphatic heterocycles. The molecule has 33 heavy (non-hydrogen) atoms. The first-order valence-corrected chi connectivity index (χ1v) is 13.3. The van der Waals surface area contributed by atoms with Crippen LogP contribution in [-0.4, -0.2) is 43.0 Å². The quantitative estimate of drug-likeness (QED) is 0.416. The number of carbonyl (C=O) groups excluding carboxylic acids is 1. The zero-order chi connectivity index (χ0) is 24.1. The van der Waals surface area contributed by atoms with Crippen LogP contribution in [0.1, 0.15) is 21.7 Å². The van der Waals surface area contributed by atoms with Crippen LogP contribution >= 0.6 is 0 Å². The normalized spacial score (nSPS) is 12.4. The van der Waals surface area contributed by atoms with Gasteiger partial charge < -0.3 is 9.13 Å². The number of primary sulfonamides is 1. The molecule has 0 bridgehead atoms. The molecule has 0 saturated carbocycles. The van der Waals surface area contributed by atoms with Crippen molar-refractivity contribution in [3.63, 3.8) is 0 Å². The van der Waals surface area contributed by atoms with Gasteiger partial charge in [-0.2, -0.15) is 0 Å². The molecular weight excluding hydrogens is 464 g/mol. The van der Waals surface area contributed by atoms with E-state index in [1.807, 2.05) is 11.5 Å². The fourth-order valence-corrected chi connectivity index (χ4v) is 5.29. The highest BCUT2D eigenvalue weighted by molar-refractivity contribution is 7.90. The van der Waals surface area contributed by atoms with Gasteiger partial charge in [0.05, 0.1) is 22.5 Å². The first-order valence-electron chi connectivity index (χ1n) is 9.88. The lowest BCUT2D eigenvalue weighted by Crippen LogP contribution is -2.16. The fraction of sp³-hybridized carbons (Fsp3) is 0.182. The molecule has 2 N–H and O–H groups in total. The highest BCUT2D eigenvalue weighted by Crippen LogP contribution is 2.25. The molecule has 0 aliphatic rings. The minimum absolute atomic E-state index is 0.00898. The van der Waals surface area contributed by atoms with Crippen molar-refractivity contribution in [3.05, 3.63) is 71.5 Å². The van der Waals surface area contributed by atoms with E-state index in [1.54, 1.807) is 49.4 Å². The number of para-hydroxylation sites is 2. The maximum absolute atomic E-state index is 13.3. The zero-order valence-electron chi connectivity index (χ0n) is 18.2. The average Bonchev–Trinajstić information content (AvgIpc) is 3.25. The number of nitrogens with zero attached hydrogens (tertiary/aromatic N) is 3. The molecule has 0 atom stereocenters. The number of benzene rings is 2. The zero-order valence-corrected chi connectivity index (χ0v) is 19.8. The molecule has 0 unspecified atom stereocenters. The molecule has 9 nitrogen and oxygen atoms in total. The van der Waals surface area contributed by atoms with Gasteiger partial charge >= 0.3 is 0 Å². The molecule has 0 spiro atoms. The van der Waals surface area contributed by atoms with Crippen LogP contribution in [0.2, 0.25) is 0 Å². The van der Waals surface area contributed by atoms with Gasteiger partial charge in [-0.3, -0.25) is 4.79 Å². The van der Waals surface area contributed by atoms with Crippen molar-refractivity contribution in [2.45, 2.75) is 30.4 Å². The van der Waals surface area contributed by atoms with E-state index >= 15 is 0 Å². The minimum Gasteiger partial charge on any atom is -0.318 e. The molecule has 2 aromatic heterocycles. The Morgan fingerprint density at radius 3 is 2.24 bits per heavy atom. The van der Waals surface area contributed by atoms with Crippen molar-refractivity contribution in [3.8, 4) is 5.69 Å². The summed E-state index contributed by atoms with van der Waals surface area (Å²) in [4.78, 5) is 17.5. The van der Waals surface area contributed by atoms with Crippen LogP contribution in [0, 0.1) is 13.8 Å². The molecule has 0 saturated heterocycles. The van der Waals surface area contributed by atoms with Gasteiger partial charge in [-0.25, -0.2) is 27.0 Å². The van der Waals surface area contributed by atoms with Gasteiger partial charge in [0.15, 0.2) is 5.78 Å². The topological polar surface area (TPSA) is 134 Å². The molecule has 0 aliphatic carbocycles. The number of carbonyl (C=O) groups is 1. The summed E-state index contributed by atoms with van der Waals surface area (Å²) in [5.41, 5.74) is 3.55. The van der Waals surface area contributed by atoms with Gasteiger partial charge in [-0.15, -0.1) is 0 Å². The minimum atomic E-state index is -3.81. The second kappa shape index (κ2) is 7.94. The summed E-state index contributed by atoms with van der Waals surface area (Å²) >= 11 is 0. The molecule has 4 aromatic rings. The third-order valence-corrected chi connectivity index (χ3v) is 7.31. The molecule has 0 radical (unpaired) electrons. The van der Waals surface area contributed by atoms with Crippen LogP contribution in [0.3, 0.4) is 0 Å². The lowest BCUT2D eigenvalue weighted by Gasteiger charge is -2.11. The number of sulfonamides is 1. The van der Waals surface area contributed by atoms with E-state index in [4.69, 9.17) is 5.14 Å². The summed E-state index contributed by atoms with van der Waals surface area (Å²) in [6, 6.07) is 14.7. The Morgan fingerprint density at radius 2 is 1.64 bits per heavy atom. The molecule has 4 rings (SSSR count). The van der Waals surface area contributed by atoms with Crippen molar-refractivity contribution < 1.29 is 21.6 Å². The van der Waals surface area contributed by atoms with Crippen molar-refractivity contribution >= 4 is 36.7 Å². The third-order valence-electron chi connectivity index (χ3n) is 5.41. The number of hydrogen-bond acceptors (Lipinski definition) is 6. The van der Waals surface area contributed by atoms with E-state index < -0.39 is 19.9 Å². The van der Waals surface area contributed by atoms with E-state index in [1.165, 1.54) is 16.7 Å². The van der Waals surface area contributed by atoms with Gasteiger partial charge in [0.1, 0.15) is 0 Å². The summed E-state index contributed by atoms with van der Waals surface area (Å²) < 4.78 is 50.9. The van der Waals surface area contributed by atoms with Crippen molar-refractivity contribution in [1.29, 1.82) is 0 Å². The Morgan fingerprint density at radius 1 is 1.00 bits per heavy atom. The maximum Gasteiger partial charge on any atom is 0.238 e. The number of rotatable bonds is 6. The average molecular weight is 487 g/mol. The van der Waals surface area contributed by atoms with Gasteiger partial charge in [0.25, 0.3) is 0 Å². The summed E-state index contributed by atoms with van der Waals surface area (Å²) in [5, 5.41) is 5.00. The number of sulfone groups is 1. The van der Waals surface area contributed by atoms with Crippen molar-refractivity contribution in [2.75, 3.05) is 6.26 Å². The third kappa shape index (κ3) is 4.22. The first-order chi connectivity index (χ1) is 15.4. The number of ketones is 1. The van der Waals surface area contributed by atoms with Crippen LogP contribution in [0.15, 0.2) is 64.6 Å². The smallest absolute Gasteiger partial charge is 0.238 e. The Bertz CT molecular complexity index is 1610. The van der Waals surface area contributed by atoms with Gasteiger partial charge in [0.2, 0.25) is 25.0 Å². The van der Waals surface area contributed by atoms with Gasteiger partial charge in [-0.05, 0) is 56.3 Å². The second-order valence-electron chi connectivity index (χ2n) is 7.82. The highest BCUT2D eigenvalue weighted by atomic mass is 32.2. The van der Waals surface area contributed by atoms with Crippen LogP contribution in [0.25, 0.3) is 16.7 Å². The Balaban J connectivity index is 1.75. The Labute approximate surface area is 191 Å². The highest BCUT2D eigenvalue weighted by Gasteiger charge is 2.23. The van der Waals surface area contributed by atoms with Gasteiger partial charge in [-0.1, -0.05) is 12.1 Å². The molecular formula is C22H22N4O5S2. The molecule has 2 aromatic carbocycles. The number of imidazole rings is 1. The predicted molar refractivity (Wildman–Crippen MR) is 124 cm³/mol.